The van der Waals surface area contributed by atoms with E-state index in [1.54, 1.807) is 30.3 Å². The number of nitrogens with zero attached hydrogens (tertiary/aromatic N) is 1. The molecular formula is C27H21NO3. The van der Waals surface area contributed by atoms with E-state index in [2.05, 4.69) is 6.07 Å². The van der Waals surface area contributed by atoms with Crippen LogP contribution in [-0.4, -0.2) is 11.8 Å². The van der Waals surface area contributed by atoms with Crippen molar-refractivity contribution in [3.8, 4) is 6.07 Å². The molecule has 1 atom stereocenters. The minimum atomic E-state index is -1.27. The summed E-state index contributed by atoms with van der Waals surface area (Å²) >= 11 is 0. The lowest BCUT2D eigenvalue weighted by atomic mass is 9.78. The van der Waals surface area contributed by atoms with Crippen LogP contribution in [0.15, 0.2) is 103 Å². The molecule has 3 aromatic rings. The summed E-state index contributed by atoms with van der Waals surface area (Å²) in [6.07, 6.45) is 1.34. The summed E-state index contributed by atoms with van der Waals surface area (Å²) < 4.78 is 5.90. The molecule has 1 aliphatic rings. The van der Waals surface area contributed by atoms with Gasteiger partial charge >= 0.3 is 5.97 Å². The summed E-state index contributed by atoms with van der Waals surface area (Å²) in [5.74, 6) is -0.770. The number of ether oxygens (including phenoxy) is 1. The molecular weight excluding hydrogens is 386 g/mol. The van der Waals surface area contributed by atoms with E-state index in [0.717, 1.165) is 11.1 Å². The summed E-state index contributed by atoms with van der Waals surface area (Å²) in [4.78, 5) is 26.1. The zero-order valence-corrected chi connectivity index (χ0v) is 16.9. The van der Waals surface area contributed by atoms with Crippen molar-refractivity contribution < 1.29 is 14.3 Å². The number of Topliss-reactive ketones (excluding diaryl/α,β-unsaturated/α-hetero) is 1. The van der Waals surface area contributed by atoms with Gasteiger partial charge in [0.25, 0.3) is 0 Å². The molecule has 0 fully saturated rings. The third kappa shape index (κ3) is 4.17. The third-order valence-corrected chi connectivity index (χ3v) is 5.57. The normalized spacial score (nSPS) is 17.6. The number of nitriles is 1. The minimum absolute atomic E-state index is 0.0480. The Kier molecular flexibility index (Phi) is 5.77. The number of hydrogen-bond acceptors (Lipinski definition) is 4. The van der Waals surface area contributed by atoms with Crippen molar-refractivity contribution in [3.63, 3.8) is 0 Å². The molecule has 0 saturated heterocycles. The molecule has 0 aromatic heterocycles. The van der Waals surface area contributed by atoms with Gasteiger partial charge < -0.3 is 4.74 Å². The topological polar surface area (TPSA) is 67.2 Å². The predicted octanol–water partition coefficient (Wildman–Crippen LogP) is 5.43. The van der Waals surface area contributed by atoms with Gasteiger partial charge in [0.1, 0.15) is 5.41 Å². The van der Waals surface area contributed by atoms with Gasteiger partial charge in [0, 0.05) is 17.6 Å². The van der Waals surface area contributed by atoms with Crippen molar-refractivity contribution in [2.75, 3.05) is 0 Å². The molecule has 1 aliphatic carbocycles. The Labute approximate surface area is 181 Å². The highest BCUT2D eigenvalue weighted by Crippen LogP contribution is 2.41. The van der Waals surface area contributed by atoms with Crippen molar-refractivity contribution >= 4 is 11.8 Å². The van der Waals surface area contributed by atoms with Gasteiger partial charge in [0.15, 0.2) is 11.9 Å². The maximum Gasteiger partial charge on any atom is 0.334 e. The lowest BCUT2D eigenvalue weighted by Gasteiger charge is -2.21. The highest BCUT2D eigenvalue weighted by Gasteiger charge is 2.44. The van der Waals surface area contributed by atoms with E-state index in [1.165, 1.54) is 0 Å². The van der Waals surface area contributed by atoms with Crippen molar-refractivity contribution in [2.45, 2.75) is 18.9 Å². The van der Waals surface area contributed by atoms with E-state index in [4.69, 9.17) is 4.74 Å². The van der Waals surface area contributed by atoms with Crippen molar-refractivity contribution in [2.24, 2.45) is 5.41 Å². The number of carbonyl (C=O) groups excluding carboxylic acids is 2. The van der Waals surface area contributed by atoms with E-state index in [-0.39, 0.29) is 18.6 Å². The largest absolute Gasteiger partial charge is 0.449 e. The van der Waals surface area contributed by atoms with E-state index in [1.807, 2.05) is 66.7 Å². The zero-order chi connectivity index (χ0) is 21.7. The molecule has 0 saturated carbocycles. The standard InChI is InChI=1S/C27H21NO3/c28-19-27(25(29)22-14-8-3-9-15-22)17-16-23(18-27)26(30)31-24(20-10-4-1-5-11-20)21-12-6-2-7-13-21/h1-16,24H,17-18H2/t27-/m0/s1. The van der Waals surface area contributed by atoms with E-state index >= 15 is 0 Å². The van der Waals surface area contributed by atoms with Gasteiger partial charge in [-0.15, -0.1) is 0 Å². The Morgan fingerprint density at radius 2 is 1.35 bits per heavy atom. The average Bonchev–Trinajstić information content (AvgIpc) is 3.30. The first-order valence-electron chi connectivity index (χ1n) is 10.1. The molecule has 0 amide bonds. The van der Waals surface area contributed by atoms with Gasteiger partial charge in [-0.05, 0) is 17.5 Å². The lowest BCUT2D eigenvalue weighted by Crippen LogP contribution is -2.28. The Hall–Kier alpha value is -3.97. The van der Waals surface area contributed by atoms with Crippen LogP contribution in [0.25, 0.3) is 0 Å². The second-order valence-electron chi connectivity index (χ2n) is 7.61. The molecule has 0 radical (unpaired) electrons. The Morgan fingerprint density at radius 3 is 1.87 bits per heavy atom. The van der Waals surface area contributed by atoms with Crippen LogP contribution in [0.3, 0.4) is 0 Å². The smallest absolute Gasteiger partial charge is 0.334 e. The summed E-state index contributed by atoms with van der Waals surface area (Å²) in [6.45, 7) is 0. The number of benzene rings is 3. The summed E-state index contributed by atoms with van der Waals surface area (Å²) in [7, 11) is 0. The molecule has 0 N–H and O–H groups in total. The molecule has 4 nitrogen and oxygen atoms in total. The molecule has 3 aromatic carbocycles. The van der Waals surface area contributed by atoms with Crippen LogP contribution in [0.5, 0.6) is 0 Å². The molecule has 0 bridgehead atoms. The number of esters is 1. The van der Waals surface area contributed by atoms with Gasteiger partial charge in [-0.3, -0.25) is 4.79 Å². The van der Waals surface area contributed by atoms with Crippen LogP contribution < -0.4 is 0 Å². The van der Waals surface area contributed by atoms with E-state index < -0.39 is 17.5 Å². The van der Waals surface area contributed by atoms with Crippen LogP contribution in [0.1, 0.15) is 40.4 Å². The van der Waals surface area contributed by atoms with Gasteiger partial charge in [-0.2, -0.15) is 5.26 Å². The number of hydrogen-bond donors (Lipinski definition) is 0. The van der Waals surface area contributed by atoms with Crippen LogP contribution >= 0.6 is 0 Å². The third-order valence-electron chi connectivity index (χ3n) is 5.57. The van der Waals surface area contributed by atoms with Gasteiger partial charge in [0.2, 0.25) is 0 Å². The molecule has 4 heteroatoms. The molecule has 0 unspecified atom stereocenters. The van der Waals surface area contributed by atoms with Crippen molar-refractivity contribution in [1.29, 1.82) is 5.26 Å². The SMILES string of the molecule is N#C[C@]1(C(=O)c2ccccc2)CC=C(C(=O)OC(c2ccccc2)c2ccccc2)C1. The number of rotatable bonds is 6. The van der Waals surface area contributed by atoms with E-state index in [9.17, 15) is 14.9 Å². The summed E-state index contributed by atoms with van der Waals surface area (Å²) in [6, 6.07) is 29.9. The van der Waals surface area contributed by atoms with Crippen LogP contribution in [0, 0.1) is 16.7 Å². The fourth-order valence-electron chi connectivity index (χ4n) is 3.86. The Balaban J connectivity index is 1.55. The molecule has 0 heterocycles. The van der Waals surface area contributed by atoms with Crippen molar-refractivity contribution in [3.05, 3.63) is 119 Å². The molecule has 0 aliphatic heterocycles. The van der Waals surface area contributed by atoms with Gasteiger partial charge in [-0.1, -0.05) is 97.1 Å². The molecule has 152 valence electrons. The lowest BCUT2D eigenvalue weighted by molar-refractivity contribution is -0.143. The van der Waals surface area contributed by atoms with Gasteiger partial charge in [-0.25, -0.2) is 4.79 Å². The summed E-state index contributed by atoms with van der Waals surface area (Å²) in [5.41, 5.74) is 1.27. The van der Waals surface area contributed by atoms with Crippen molar-refractivity contribution in [1.82, 2.24) is 0 Å². The maximum absolute atomic E-state index is 13.1. The number of allylic oxidation sites excluding steroid dienone is 1. The highest BCUT2D eigenvalue weighted by atomic mass is 16.5. The Bertz CT molecular complexity index is 1110. The summed E-state index contributed by atoms with van der Waals surface area (Å²) in [5, 5.41) is 9.83. The molecule has 31 heavy (non-hydrogen) atoms. The van der Waals surface area contributed by atoms with Crippen LogP contribution in [0.2, 0.25) is 0 Å². The predicted molar refractivity (Wildman–Crippen MR) is 117 cm³/mol. The maximum atomic E-state index is 13.1. The van der Waals surface area contributed by atoms with Gasteiger partial charge in [0.05, 0.1) is 6.07 Å². The minimum Gasteiger partial charge on any atom is -0.449 e. The zero-order valence-electron chi connectivity index (χ0n) is 16.9. The monoisotopic (exact) mass is 407 g/mol. The van der Waals surface area contributed by atoms with Crippen LogP contribution in [0.4, 0.5) is 0 Å². The van der Waals surface area contributed by atoms with Crippen LogP contribution in [-0.2, 0) is 9.53 Å². The molecule has 4 rings (SSSR count). The molecule has 0 spiro atoms. The average molecular weight is 407 g/mol. The number of carbonyl (C=O) groups is 2. The Morgan fingerprint density at radius 1 is 0.839 bits per heavy atom. The quantitative estimate of drug-likeness (QED) is 0.403. The first kappa shape index (κ1) is 20.3. The fourth-order valence-corrected chi connectivity index (χ4v) is 3.86. The van der Waals surface area contributed by atoms with E-state index in [0.29, 0.717) is 11.1 Å². The first-order valence-corrected chi connectivity index (χ1v) is 10.1. The number of ketones is 1. The highest BCUT2D eigenvalue weighted by molar-refractivity contribution is 6.04. The second kappa shape index (κ2) is 8.81. The second-order valence-corrected chi connectivity index (χ2v) is 7.61. The first-order chi connectivity index (χ1) is 15.1. The fraction of sp³-hybridized carbons (Fsp3) is 0.148.